The van der Waals surface area contributed by atoms with Crippen molar-refractivity contribution in [2.45, 2.75) is 19.3 Å². The smallest absolute Gasteiger partial charge is 0.0540 e. The van der Waals surface area contributed by atoms with E-state index in [2.05, 4.69) is 205 Å². The van der Waals surface area contributed by atoms with Crippen LogP contribution in [-0.2, 0) is 19.3 Å². The first-order valence-electron chi connectivity index (χ1n) is 20.5. The molecule has 3 aliphatic rings. The van der Waals surface area contributed by atoms with E-state index in [4.69, 9.17) is 0 Å². The van der Waals surface area contributed by atoms with E-state index < -0.39 is 0 Å². The van der Waals surface area contributed by atoms with Gasteiger partial charge in [0.05, 0.1) is 5.69 Å². The zero-order valence-electron chi connectivity index (χ0n) is 32.1. The third-order valence-electron chi connectivity index (χ3n) is 12.8. The Labute approximate surface area is 340 Å². The van der Waals surface area contributed by atoms with Crippen molar-refractivity contribution in [3.05, 3.63) is 234 Å². The van der Waals surface area contributed by atoms with Crippen molar-refractivity contribution in [1.29, 1.82) is 0 Å². The second-order valence-corrected chi connectivity index (χ2v) is 16.0. The first-order valence-corrected chi connectivity index (χ1v) is 20.5. The van der Waals surface area contributed by atoms with Gasteiger partial charge in [0.15, 0.2) is 0 Å². The van der Waals surface area contributed by atoms with Gasteiger partial charge in [-0.25, -0.2) is 0 Å². The Bertz CT molecular complexity index is 3050. The topological polar surface area (TPSA) is 3.24 Å². The molecule has 1 heteroatoms. The van der Waals surface area contributed by atoms with E-state index in [-0.39, 0.29) is 0 Å². The van der Waals surface area contributed by atoms with Crippen molar-refractivity contribution in [3.8, 4) is 66.8 Å². The highest BCUT2D eigenvalue weighted by atomic mass is 15.1. The summed E-state index contributed by atoms with van der Waals surface area (Å²) >= 11 is 0. The summed E-state index contributed by atoms with van der Waals surface area (Å²) in [7, 11) is 0. The summed E-state index contributed by atoms with van der Waals surface area (Å²) in [5.41, 5.74) is 28.2. The Kier molecular flexibility index (Phi) is 7.50. The maximum absolute atomic E-state index is 2.54. The van der Waals surface area contributed by atoms with Gasteiger partial charge in [-0.2, -0.15) is 0 Å². The average molecular weight is 738 g/mol. The molecule has 0 atom stereocenters. The monoisotopic (exact) mass is 737 g/mol. The molecule has 0 spiro atoms. The van der Waals surface area contributed by atoms with Gasteiger partial charge in [0.1, 0.15) is 0 Å². The number of hydrogen-bond acceptors (Lipinski definition) is 1. The minimum atomic E-state index is 0.949. The Morgan fingerprint density at radius 1 is 0.276 bits per heavy atom. The van der Waals surface area contributed by atoms with Gasteiger partial charge in [0.2, 0.25) is 0 Å². The molecule has 272 valence electrons. The van der Waals surface area contributed by atoms with Gasteiger partial charge in [-0.05, 0) is 150 Å². The molecule has 3 aliphatic carbocycles. The number of anilines is 3. The minimum absolute atomic E-state index is 0.949. The van der Waals surface area contributed by atoms with Gasteiger partial charge in [0, 0.05) is 16.9 Å². The summed E-state index contributed by atoms with van der Waals surface area (Å²) in [6.07, 6.45) is 2.93. The van der Waals surface area contributed by atoms with Crippen LogP contribution in [0.3, 0.4) is 0 Å². The van der Waals surface area contributed by atoms with Crippen molar-refractivity contribution in [2.24, 2.45) is 0 Å². The lowest BCUT2D eigenvalue weighted by molar-refractivity contribution is 1.23. The van der Waals surface area contributed by atoms with E-state index in [1.54, 1.807) is 0 Å². The molecule has 1 nitrogen and oxygen atoms in total. The van der Waals surface area contributed by atoms with Crippen molar-refractivity contribution in [2.75, 3.05) is 4.90 Å². The van der Waals surface area contributed by atoms with E-state index in [1.807, 2.05) is 0 Å². The quantitative estimate of drug-likeness (QED) is 0.164. The largest absolute Gasteiger partial charge is 0.310 e. The predicted molar refractivity (Wildman–Crippen MR) is 242 cm³/mol. The van der Waals surface area contributed by atoms with Crippen LogP contribution in [0, 0.1) is 0 Å². The average Bonchev–Trinajstić information content (AvgIpc) is 3.99. The molecule has 0 saturated carbocycles. The van der Waals surface area contributed by atoms with Gasteiger partial charge in [0.25, 0.3) is 0 Å². The molecule has 9 aromatic rings. The lowest BCUT2D eigenvalue weighted by atomic mass is 9.86. The molecule has 0 fully saturated rings. The van der Waals surface area contributed by atoms with Gasteiger partial charge in [-0.3, -0.25) is 0 Å². The fraction of sp³-hybridized carbons (Fsp3) is 0.0526. The van der Waals surface area contributed by atoms with Gasteiger partial charge in [-0.15, -0.1) is 0 Å². The normalized spacial score (nSPS) is 12.6. The number of hydrogen-bond donors (Lipinski definition) is 0. The predicted octanol–water partition coefficient (Wildman–Crippen LogP) is 14.9. The SMILES string of the molecule is c1ccc(-c2ccc(N(c3ccc(-c4cc5c(c6c4Cc4ccccc4-6)-c4c(ccc6c4Cc4ccccc4-6)C5)cc3)c3ccccc3-c3ccccc3)cc2)cc1. The number of rotatable bonds is 6. The molecule has 12 rings (SSSR count). The van der Waals surface area contributed by atoms with Gasteiger partial charge < -0.3 is 4.90 Å². The lowest BCUT2D eigenvalue weighted by Gasteiger charge is -2.28. The zero-order valence-corrected chi connectivity index (χ0v) is 32.1. The van der Waals surface area contributed by atoms with E-state index in [0.717, 1.165) is 36.3 Å². The van der Waals surface area contributed by atoms with Crippen LogP contribution in [0.4, 0.5) is 17.1 Å². The summed E-state index contributed by atoms with van der Waals surface area (Å²) in [5, 5.41) is 0. The van der Waals surface area contributed by atoms with E-state index in [1.165, 1.54) is 100 Å². The van der Waals surface area contributed by atoms with Crippen LogP contribution in [0.2, 0.25) is 0 Å². The van der Waals surface area contributed by atoms with E-state index in [9.17, 15) is 0 Å². The molecule has 0 radical (unpaired) electrons. The molecule has 0 aliphatic heterocycles. The van der Waals surface area contributed by atoms with Crippen LogP contribution in [0.15, 0.2) is 200 Å². The molecule has 0 heterocycles. The van der Waals surface area contributed by atoms with Crippen LogP contribution in [0.5, 0.6) is 0 Å². The fourth-order valence-corrected chi connectivity index (χ4v) is 10.2. The van der Waals surface area contributed by atoms with E-state index in [0.29, 0.717) is 0 Å². The Morgan fingerprint density at radius 3 is 1.50 bits per heavy atom. The second kappa shape index (κ2) is 13.2. The Balaban J connectivity index is 0.993. The summed E-state index contributed by atoms with van der Waals surface area (Å²) in [6, 6.07) is 73.9. The molecule has 9 aromatic carbocycles. The van der Waals surface area contributed by atoms with Crippen molar-refractivity contribution in [1.82, 2.24) is 0 Å². The molecule has 0 unspecified atom stereocenters. The van der Waals surface area contributed by atoms with Crippen molar-refractivity contribution in [3.63, 3.8) is 0 Å². The molecule has 58 heavy (non-hydrogen) atoms. The first-order chi connectivity index (χ1) is 28.8. The molecule has 0 amide bonds. The maximum Gasteiger partial charge on any atom is 0.0540 e. The second-order valence-electron chi connectivity index (χ2n) is 16.0. The minimum Gasteiger partial charge on any atom is -0.310 e. The number of para-hydroxylation sites is 1. The molecular formula is C57H39N. The number of fused-ring (bicyclic) bond motifs is 11. The highest BCUT2D eigenvalue weighted by molar-refractivity contribution is 6.02. The summed E-state index contributed by atoms with van der Waals surface area (Å²) in [4.78, 5) is 2.42. The summed E-state index contributed by atoms with van der Waals surface area (Å²) in [6.45, 7) is 0. The standard InChI is InChI=1S/C57H39N/c1-3-13-37(14-4-1)38-23-28-45(29-24-38)58(54-22-12-11-20-48(54)39-15-5-2-6-16-39)46-30-25-40(26-31-46)51-36-44-33-43-27-32-50-47-19-9-7-17-41(47)34-52(50)55(43)56(44)57-49-21-10-8-18-42(49)35-53(51)57/h1-32,36H,33-35H2. The Morgan fingerprint density at radius 2 is 0.793 bits per heavy atom. The number of nitrogens with zero attached hydrogens (tertiary/aromatic N) is 1. The molecular weight excluding hydrogens is 699 g/mol. The summed E-state index contributed by atoms with van der Waals surface area (Å²) in [5.74, 6) is 0. The van der Waals surface area contributed by atoms with Gasteiger partial charge in [-0.1, -0.05) is 164 Å². The van der Waals surface area contributed by atoms with Crippen molar-refractivity contribution >= 4 is 17.1 Å². The first kappa shape index (κ1) is 33.0. The zero-order chi connectivity index (χ0) is 38.2. The van der Waals surface area contributed by atoms with Crippen LogP contribution >= 0.6 is 0 Å². The molecule has 0 aromatic heterocycles. The van der Waals surface area contributed by atoms with E-state index >= 15 is 0 Å². The van der Waals surface area contributed by atoms with Crippen LogP contribution in [-0.4, -0.2) is 0 Å². The lowest BCUT2D eigenvalue weighted by Crippen LogP contribution is -2.11. The van der Waals surface area contributed by atoms with Crippen LogP contribution in [0.1, 0.15) is 33.4 Å². The molecule has 0 bridgehead atoms. The highest BCUT2D eigenvalue weighted by Gasteiger charge is 2.35. The molecule has 0 saturated heterocycles. The van der Waals surface area contributed by atoms with Crippen molar-refractivity contribution < 1.29 is 0 Å². The third kappa shape index (κ3) is 5.17. The number of benzene rings is 9. The maximum atomic E-state index is 2.54. The summed E-state index contributed by atoms with van der Waals surface area (Å²) < 4.78 is 0. The van der Waals surface area contributed by atoms with Gasteiger partial charge >= 0.3 is 0 Å². The fourth-order valence-electron chi connectivity index (χ4n) is 10.2. The van der Waals surface area contributed by atoms with Crippen LogP contribution < -0.4 is 4.90 Å². The highest BCUT2D eigenvalue weighted by Crippen LogP contribution is 2.56. The van der Waals surface area contributed by atoms with Crippen LogP contribution in [0.25, 0.3) is 66.8 Å². The Hall–Kier alpha value is -7.22. The third-order valence-corrected chi connectivity index (χ3v) is 12.8. The molecule has 0 N–H and O–H groups in total.